The summed E-state index contributed by atoms with van der Waals surface area (Å²) in [4.78, 5) is 19.8. The molecule has 0 saturated carbocycles. The molecule has 0 atom stereocenters. The summed E-state index contributed by atoms with van der Waals surface area (Å²) < 4.78 is 66.6. The third kappa shape index (κ3) is 4.62. The lowest BCUT2D eigenvalue weighted by molar-refractivity contribution is -0.137. The van der Waals surface area contributed by atoms with Crippen LogP contribution in [0.2, 0.25) is 5.02 Å². The number of carbonyl (C=O) groups is 1. The Morgan fingerprint density at radius 3 is 2.48 bits per heavy atom. The van der Waals surface area contributed by atoms with Crippen molar-refractivity contribution < 1.29 is 26.4 Å². The highest BCUT2D eigenvalue weighted by atomic mass is 35.5. The molecule has 0 radical (unpaired) electrons. The van der Waals surface area contributed by atoms with Crippen LogP contribution in [0.3, 0.4) is 0 Å². The van der Waals surface area contributed by atoms with Crippen molar-refractivity contribution in [1.29, 1.82) is 0 Å². The molecule has 2 aromatic carbocycles. The van der Waals surface area contributed by atoms with Gasteiger partial charge in [-0.25, -0.2) is 18.4 Å². The Kier molecular flexibility index (Phi) is 5.98. The average Bonchev–Trinajstić information content (AvgIpc) is 3.25. The molecule has 0 aliphatic rings. The molecule has 11 heteroatoms. The summed E-state index contributed by atoms with van der Waals surface area (Å²) in [6, 6.07) is 8.34. The van der Waals surface area contributed by atoms with E-state index in [0.29, 0.717) is 23.3 Å². The van der Waals surface area contributed by atoms with E-state index >= 15 is 0 Å². The Bertz CT molecular complexity index is 1450. The number of rotatable bonds is 6. The van der Waals surface area contributed by atoms with Crippen molar-refractivity contribution in [3.63, 3.8) is 0 Å². The molecule has 0 aliphatic carbocycles. The molecule has 33 heavy (non-hydrogen) atoms. The van der Waals surface area contributed by atoms with E-state index in [4.69, 9.17) is 11.6 Å². The Labute approximate surface area is 191 Å². The van der Waals surface area contributed by atoms with Gasteiger partial charge >= 0.3 is 6.18 Å². The van der Waals surface area contributed by atoms with Crippen LogP contribution >= 0.6 is 11.6 Å². The minimum atomic E-state index is -4.78. The van der Waals surface area contributed by atoms with Crippen molar-refractivity contribution in [3.05, 3.63) is 89.0 Å². The number of alkyl halides is 3. The first-order valence-corrected chi connectivity index (χ1v) is 11.4. The number of sulfone groups is 1. The van der Waals surface area contributed by atoms with Gasteiger partial charge < -0.3 is 0 Å². The van der Waals surface area contributed by atoms with Crippen molar-refractivity contribution in [3.8, 4) is 0 Å². The largest absolute Gasteiger partial charge is 0.417 e. The molecule has 0 aliphatic heterocycles. The molecular weight excluding hydrogens is 479 g/mol. The van der Waals surface area contributed by atoms with Crippen LogP contribution in [0.25, 0.3) is 5.78 Å². The van der Waals surface area contributed by atoms with E-state index in [0.717, 1.165) is 18.2 Å². The van der Waals surface area contributed by atoms with Gasteiger partial charge in [-0.15, -0.1) is 0 Å². The summed E-state index contributed by atoms with van der Waals surface area (Å²) in [5, 5.41) is -0.872. The summed E-state index contributed by atoms with van der Waals surface area (Å²) in [6.07, 6.45) is 2.04. The van der Waals surface area contributed by atoms with E-state index < -0.39 is 31.5 Å². The molecule has 0 bridgehead atoms. The number of nitrogens with zero attached hydrogens (tertiary/aromatic N) is 3. The van der Waals surface area contributed by atoms with Crippen LogP contribution in [0.5, 0.6) is 0 Å². The van der Waals surface area contributed by atoms with Crippen LogP contribution in [0, 0.1) is 0 Å². The number of Topliss-reactive ketones (excluding diaryl/α,β-unsaturated/α-hetero) is 1. The topological polar surface area (TPSA) is 81.4 Å². The van der Waals surface area contributed by atoms with E-state index in [1.54, 1.807) is 23.0 Å². The van der Waals surface area contributed by atoms with Crippen molar-refractivity contribution in [1.82, 2.24) is 14.4 Å². The fourth-order valence-corrected chi connectivity index (χ4v) is 5.15. The quantitative estimate of drug-likeness (QED) is 0.351. The second kappa shape index (κ2) is 8.60. The zero-order chi connectivity index (χ0) is 23.8. The zero-order valence-corrected chi connectivity index (χ0v) is 18.3. The van der Waals surface area contributed by atoms with Crippen LogP contribution in [0.4, 0.5) is 13.2 Å². The highest BCUT2D eigenvalue weighted by molar-refractivity contribution is 7.91. The number of aromatic nitrogens is 3. The molecule has 170 valence electrons. The summed E-state index contributed by atoms with van der Waals surface area (Å²) >= 11 is 5.78. The van der Waals surface area contributed by atoms with Crippen LogP contribution in [0.15, 0.2) is 77.0 Å². The number of hydrogen-bond donors (Lipinski definition) is 0. The predicted molar refractivity (Wildman–Crippen MR) is 114 cm³/mol. The number of fused-ring (bicyclic) bond motifs is 1. The maximum atomic E-state index is 13.1. The Balaban J connectivity index is 1.50. The number of ketones is 1. The fraction of sp³-hybridized carbons (Fsp3) is 0.136. The lowest BCUT2D eigenvalue weighted by Crippen LogP contribution is -2.10. The van der Waals surface area contributed by atoms with Crippen LogP contribution in [-0.4, -0.2) is 28.6 Å². The summed E-state index contributed by atoms with van der Waals surface area (Å²) in [6.45, 7) is 0. The molecule has 0 saturated heterocycles. The minimum absolute atomic E-state index is 0.148. The fourth-order valence-electron chi connectivity index (χ4n) is 3.26. The van der Waals surface area contributed by atoms with Gasteiger partial charge in [0.25, 0.3) is 0 Å². The van der Waals surface area contributed by atoms with Gasteiger partial charge in [-0.05, 0) is 36.2 Å². The number of hydrogen-bond acceptors (Lipinski definition) is 5. The van der Waals surface area contributed by atoms with Crippen LogP contribution in [-0.2, 0) is 22.4 Å². The molecule has 4 rings (SSSR count). The van der Waals surface area contributed by atoms with E-state index in [1.165, 1.54) is 30.5 Å². The van der Waals surface area contributed by atoms with Gasteiger partial charge in [-0.3, -0.25) is 9.20 Å². The van der Waals surface area contributed by atoms with Crippen LogP contribution < -0.4 is 0 Å². The summed E-state index contributed by atoms with van der Waals surface area (Å²) in [7, 11) is -4.27. The molecule has 2 aromatic heterocycles. The first-order valence-electron chi connectivity index (χ1n) is 9.59. The molecule has 0 spiro atoms. The number of imidazole rings is 1. The zero-order valence-electron chi connectivity index (χ0n) is 16.8. The normalized spacial score (nSPS) is 12.2. The highest BCUT2D eigenvalue weighted by Crippen LogP contribution is 2.39. The van der Waals surface area contributed by atoms with Crippen molar-refractivity contribution in [2.45, 2.75) is 28.8 Å². The maximum absolute atomic E-state index is 13.1. The molecule has 6 nitrogen and oxygen atoms in total. The van der Waals surface area contributed by atoms with E-state index in [2.05, 4.69) is 9.97 Å². The van der Waals surface area contributed by atoms with Gasteiger partial charge in [0.1, 0.15) is 0 Å². The third-order valence-electron chi connectivity index (χ3n) is 5.00. The monoisotopic (exact) mass is 493 g/mol. The average molecular weight is 494 g/mol. The molecule has 0 N–H and O–H groups in total. The first-order chi connectivity index (χ1) is 15.6. The number of halogens is 4. The predicted octanol–water partition coefficient (Wildman–Crippen LogP) is 5.05. The van der Waals surface area contributed by atoms with E-state index in [9.17, 15) is 26.4 Å². The molecule has 0 unspecified atom stereocenters. The van der Waals surface area contributed by atoms with Gasteiger partial charge in [0.15, 0.2) is 5.78 Å². The lowest BCUT2D eigenvalue weighted by atomic mass is 10.0. The van der Waals surface area contributed by atoms with Crippen molar-refractivity contribution in [2.24, 2.45) is 0 Å². The molecule has 4 aromatic rings. The summed E-state index contributed by atoms with van der Waals surface area (Å²) in [5.41, 5.74) is -0.114. The number of benzene rings is 2. The standard InChI is InChI=1S/C22H15ClF3N3O3S/c23-20-17(22(24,25)26)2-1-3-19(20)33(31,32)16-7-4-14(5-8-16)6-9-18(30)15-12-28-21-27-10-11-29(21)13-15/h1-5,7-8,10-13H,6,9H2. The van der Waals surface area contributed by atoms with Gasteiger partial charge in [0.05, 0.1) is 25.9 Å². The second-order valence-corrected chi connectivity index (χ2v) is 9.46. The smallest absolute Gasteiger partial charge is 0.294 e. The molecule has 2 heterocycles. The van der Waals surface area contributed by atoms with Crippen molar-refractivity contribution >= 4 is 33.0 Å². The molecular formula is C22H15ClF3N3O3S. The second-order valence-electron chi connectivity index (χ2n) is 7.16. The Hall–Kier alpha value is -3.24. The Morgan fingerprint density at radius 2 is 1.79 bits per heavy atom. The van der Waals surface area contributed by atoms with Crippen molar-refractivity contribution in [2.75, 3.05) is 0 Å². The van der Waals surface area contributed by atoms with Gasteiger partial charge in [0.2, 0.25) is 15.6 Å². The van der Waals surface area contributed by atoms with E-state index in [-0.39, 0.29) is 17.1 Å². The first kappa shape index (κ1) is 22.9. The molecule has 0 amide bonds. The van der Waals surface area contributed by atoms with Crippen LogP contribution in [0.1, 0.15) is 27.9 Å². The number of aryl methyl sites for hydroxylation is 1. The molecule has 0 fully saturated rings. The summed E-state index contributed by atoms with van der Waals surface area (Å²) in [5.74, 6) is 0.328. The van der Waals surface area contributed by atoms with Gasteiger partial charge in [0, 0.05) is 31.2 Å². The number of carbonyl (C=O) groups excluding carboxylic acids is 1. The maximum Gasteiger partial charge on any atom is 0.417 e. The van der Waals surface area contributed by atoms with Gasteiger partial charge in [-0.1, -0.05) is 29.8 Å². The minimum Gasteiger partial charge on any atom is -0.294 e. The third-order valence-corrected chi connectivity index (χ3v) is 7.33. The SMILES string of the molecule is O=C(CCc1ccc(S(=O)(=O)c2cccc(C(F)(F)F)c2Cl)cc1)c1cnc2nccn2c1. The highest BCUT2D eigenvalue weighted by Gasteiger charge is 2.36. The van der Waals surface area contributed by atoms with E-state index in [1.807, 2.05) is 0 Å². The van der Waals surface area contributed by atoms with Gasteiger partial charge in [-0.2, -0.15) is 13.2 Å². The Morgan fingerprint density at radius 1 is 1.06 bits per heavy atom. The lowest BCUT2D eigenvalue weighted by Gasteiger charge is -2.13.